The number of benzene rings is 3. The maximum atomic E-state index is 6.35. The minimum atomic E-state index is -0.0506. The SMILES string of the molecule is CC(C)(C)c1cc(-c2cccc3c2oc2cc4oc5ccccc5c4cc23)ncn1. The fourth-order valence-corrected chi connectivity index (χ4v) is 4.13. The largest absolute Gasteiger partial charge is 0.456 e. The quantitative estimate of drug-likeness (QED) is 0.296. The first-order chi connectivity index (χ1) is 14.5. The molecule has 3 aromatic carbocycles. The zero-order valence-electron chi connectivity index (χ0n) is 17.1. The van der Waals surface area contributed by atoms with Crippen LogP contribution in [0.1, 0.15) is 26.5 Å². The van der Waals surface area contributed by atoms with Crippen molar-refractivity contribution in [2.75, 3.05) is 0 Å². The van der Waals surface area contributed by atoms with Gasteiger partial charge in [-0.05, 0) is 24.3 Å². The lowest BCUT2D eigenvalue weighted by atomic mass is 9.91. The summed E-state index contributed by atoms with van der Waals surface area (Å²) in [5.41, 5.74) is 6.17. The Morgan fingerprint density at radius 1 is 0.667 bits per heavy atom. The Morgan fingerprint density at radius 3 is 2.30 bits per heavy atom. The molecule has 6 rings (SSSR count). The first-order valence-corrected chi connectivity index (χ1v) is 10.1. The van der Waals surface area contributed by atoms with E-state index in [1.54, 1.807) is 6.33 Å². The van der Waals surface area contributed by atoms with Crippen LogP contribution in [0.2, 0.25) is 0 Å². The van der Waals surface area contributed by atoms with Gasteiger partial charge in [0.2, 0.25) is 0 Å². The van der Waals surface area contributed by atoms with Gasteiger partial charge in [0.15, 0.2) is 0 Å². The van der Waals surface area contributed by atoms with E-state index < -0.39 is 0 Å². The van der Waals surface area contributed by atoms with E-state index in [4.69, 9.17) is 8.83 Å². The van der Waals surface area contributed by atoms with Crippen LogP contribution in [0, 0.1) is 0 Å². The molecule has 6 aromatic rings. The van der Waals surface area contributed by atoms with Gasteiger partial charge in [-0.15, -0.1) is 0 Å². The third kappa shape index (κ3) is 2.47. The number of para-hydroxylation sites is 2. The number of aromatic nitrogens is 2. The maximum Gasteiger partial charge on any atom is 0.144 e. The summed E-state index contributed by atoms with van der Waals surface area (Å²) >= 11 is 0. The number of furan rings is 2. The molecule has 3 heterocycles. The van der Waals surface area contributed by atoms with Crippen molar-refractivity contribution in [3.8, 4) is 11.3 Å². The van der Waals surface area contributed by atoms with Gasteiger partial charge in [0.05, 0.1) is 5.69 Å². The Hall–Kier alpha value is -3.66. The zero-order chi connectivity index (χ0) is 20.5. The highest BCUT2D eigenvalue weighted by Gasteiger charge is 2.19. The van der Waals surface area contributed by atoms with E-state index in [1.165, 1.54) is 0 Å². The molecule has 4 heteroatoms. The van der Waals surface area contributed by atoms with Crippen LogP contribution in [0.15, 0.2) is 75.8 Å². The molecule has 146 valence electrons. The molecule has 0 spiro atoms. The first-order valence-electron chi connectivity index (χ1n) is 10.1. The Balaban J connectivity index is 1.64. The third-order valence-corrected chi connectivity index (χ3v) is 5.71. The van der Waals surface area contributed by atoms with Crippen LogP contribution in [0.3, 0.4) is 0 Å². The number of hydrogen-bond acceptors (Lipinski definition) is 4. The van der Waals surface area contributed by atoms with Crippen molar-refractivity contribution in [3.05, 3.63) is 72.7 Å². The molecular weight excluding hydrogens is 372 g/mol. The average molecular weight is 392 g/mol. The van der Waals surface area contributed by atoms with E-state index in [1.807, 2.05) is 24.3 Å². The van der Waals surface area contributed by atoms with Crippen molar-refractivity contribution in [1.29, 1.82) is 0 Å². The van der Waals surface area contributed by atoms with Gasteiger partial charge in [-0.1, -0.05) is 51.1 Å². The monoisotopic (exact) mass is 392 g/mol. The molecule has 0 N–H and O–H groups in total. The van der Waals surface area contributed by atoms with E-state index in [0.29, 0.717) is 0 Å². The molecule has 30 heavy (non-hydrogen) atoms. The van der Waals surface area contributed by atoms with Crippen molar-refractivity contribution in [3.63, 3.8) is 0 Å². The van der Waals surface area contributed by atoms with Crippen molar-refractivity contribution in [2.24, 2.45) is 0 Å². The Labute approximate surface area is 173 Å². The highest BCUT2D eigenvalue weighted by molar-refractivity contribution is 6.16. The Bertz CT molecular complexity index is 1580. The van der Waals surface area contributed by atoms with Gasteiger partial charge >= 0.3 is 0 Å². The number of nitrogens with zero attached hydrogens (tertiary/aromatic N) is 2. The first kappa shape index (κ1) is 17.2. The highest BCUT2D eigenvalue weighted by Crippen LogP contribution is 2.39. The second kappa shape index (κ2) is 5.92. The predicted octanol–water partition coefficient (Wildman–Crippen LogP) is 7.24. The third-order valence-electron chi connectivity index (χ3n) is 5.71. The standard InChI is InChI=1S/C26H20N2O2/c1-26(2,3)24-12-20(27-14-28-24)17-9-6-8-16-19-11-18-15-7-4-5-10-21(15)29-22(18)13-23(19)30-25(16)17/h4-14H,1-3H3. The van der Waals surface area contributed by atoms with Crippen LogP contribution in [0.4, 0.5) is 0 Å². The van der Waals surface area contributed by atoms with Crippen LogP contribution in [0.25, 0.3) is 55.1 Å². The van der Waals surface area contributed by atoms with Crippen molar-refractivity contribution in [1.82, 2.24) is 9.97 Å². The smallest absolute Gasteiger partial charge is 0.144 e. The van der Waals surface area contributed by atoms with Gasteiger partial charge in [-0.3, -0.25) is 0 Å². The summed E-state index contributed by atoms with van der Waals surface area (Å²) in [6.45, 7) is 6.46. The molecule has 0 aliphatic heterocycles. The fourth-order valence-electron chi connectivity index (χ4n) is 4.13. The molecule has 0 fully saturated rings. The molecule has 0 atom stereocenters. The number of hydrogen-bond donors (Lipinski definition) is 0. The normalized spacial score (nSPS) is 12.5. The van der Waals surface area contributed by atoms with Gasteiger partial charge in [-0.25, -0.2) is 9.97 Å². The van der Waals surface area contributed by atoms with Crippen molar-refractivity contribution >= 4 is 43.9 Å². The average Bonchev–Trinajstić information content (AvgIpc) is 3.28. The molecule has 4 nitrogen and oxygen atoms in total. The molecule has 0 aliphatic carbocycles. The van der Waals surface area contributed by atoms with Gasteiger partial charge < -0.3 is 8.83 Å². The molecule has 0 saturated carbocycles. The van der Waals surface area contributed by atoms with Crippen LogP contribution >= 0.6 is 0 Å². The van der Waals surface area contributed by atoms with Gasteiger partial charge in [0, 0.05) is 44.3 Å². The van der Waals surface area contributed by atoms with Gasteiger partial charge in [0.1, 0.15) is 28.7 Å². The van der Waals surface area contributed by atoms with Crippen molar-refractivity contribution < 1.29 is 8.83 Å². The van der Waals surface area contributed by atoms with Crippen molar-refractivity contribution in [2.45, 2.75) is 26.2 Å². The fraction of sp³-hybridized carbons (Fsp3) is 0.154. The van der Waals surface area contributed by atoms with E-state index in [0.717, 1.165) is 60.8 Å². The molecule has 3 aromatic heterocycles. The second-order valence-electron chi connectivity index (χ2n) is 8.77. The molecule has 0 amide bonds. The molecule has 0 radical (unpaired) electrons. The molecule has 0 saturated heterocycles. The lowest BCUT2D eigenvalue weighted by molar-refractivity contribution is 0.567. The molecular formula is C26H20N2O2. The molecule has 0 aliphatic rings. The predicted molar refractivity (Wildman–Crippen MR) is 121 cm³/mol. The van der Waals surface area contributed by atoms with E-state index >= 15 is 0 Å². The highest BCUT2D eigenvalue weighted by atomic mass is 16.3. The Morgan fingerprint density at radius 2 is 1.43 bits per heavy atom. The summed E-state index contributed by atoms with van der Waals surface area (Å²) in [6.07, 6.45) is 1.64. The van der Waals surface area contributed by atoms with E-state index in [-0.39, 0.29) is 5.41 Å². The summed E-state index contributed by atoms with van der Waals surface area (Å²) in [6, 6.07) is 20.6. The molecule has 0 bridgehead atoms. The summed E-state index contributed by atoms with van der Waals surface area (Å²) < 4.78 is 12.4. The van der Waals surface area contributed by atoms with Gasteiger partial charge in [0.25, 0.3) is 0 Å². The van der Waals surface area contributed by atoms with Gasteiger partial charge in [-0.2, -0.15) is 0 Å². The summed E-state index contributed by atoms with van der Waals surface area (Å²) in [5.74, 6) is 0. The Kier molecular flexibility index (Phi) is 3.40. The zero-order valence-corrected chi connectivity index (χ0v) is 17.1. The number of fused-ring (bicyclic) bond motifs is 6. The summed E-state index contributed by atoms with van der Waals surface area (Å²) in [7, 11) is 0. The van der Waals surface area contributed by atoms with Crippen LogP contribution in [-0.2, 0) is 5.41 Å². The lowest BCUT2D eigenvalue weighted by Crippen LogP contribution is -2.13. The van der Waals surface area contributed by atoms with E-state index in [9.17, 15) is 0 Å². The lowest BCUT2D eigenvalue weighted by Gasteiger charge is -2.17. The van der Waals surface area contributed by atoms with Crippen LogP contribution < -0.4 is 0 Å². The van der Waals surface area contributed by atoms with E-state index in [2.05, 4.69) is 67.1 Å². The van der Waals surface area contributed by atoms with Crippen LogP contribution in [-0.4, -0.2) is 9.97 Å². The minimum absolute atomic E-state index is 0.0506. The minimum Gasteiger partial charge on any atom is -0.456 e. The van der Waals surface area contributed by atoms with Crippen LogP contribution in [0.5, 0.6) is 0 Å². The topological polar surface area (TPSA) is 52.1 Å². The number of rotatable bonds is 1. The summed E-state index contributed by atoms with van der Waals surface area (Å²) in [5, 5.41) is 4.37. The maximum absolute atomic E-state index is 6.35. The molecule has 0 unspecified atom stereocenters. The summed E-state index contributed by atoms with van der Waals surface area (Å²) in [4.78, 5) is 9.00. The second-order valence-corrected chi connectivity index (χ2v) is 8.77.